The lowest BCUT2D eigenvalue weighted by Gasteiger charge is -2.13. The largest absolute Gasteiger partial charge is 0.324 e. The fourth-order valence-corrected chi connectivity index (χ4v) is 2.23. The summed E-state index contributed by atoms with van der Waals surface area (Å²) in [5, 5.41) is 3.37. The van der Waals surface area contributed by atoms with Crippen LogP contribution in [0.1, 0.15) is 43.4 Å². The Hall–Kier alpha value is -1.06. The number of hydrogen-bond donors (Lipinski definition) is 2. The van der Waals surface area contributed by atoms with Gasteiger partial charge >= 0.3 is 0 Å². The molecule has 0 aliphatic carbocycles. The van der Waals surface area contributed by atoms with Gasteiger partial charge in [0.15, 0.2) is 0 Å². The fourth-order valence-electron chi connectivity index (χ4n) is 1.95. The maximum absolute atomic E-state index is 11.5. The molecule has 4 heteroatoms. The monoisotopic (exact) mass is 238 g/mol. The molecule has 86 valence electrons. The van der Waals surface area contributed by atoms with E-state index in [4.69, 9.17) is 17.3 Å². The third-order valence-electron chi connectivity index (χ3n) is 3.12. The minimum absolute atomic E-state index is 0.000815. The molecule has 3 nitrogen and oxygen atoms in total. The average Bonchev–Trinajstić information content (AvgIpc) is 2.56. The third-order valence-corrected chi connectivity index (χ3v) is 3.42. The molecule has 0 spiro atoms. The van der Waals surface area contributed by atoms with E-state index in [2.05, 4.69) is 5.32 Å². The highest BCUT2D eigenvalue weighted by Gasteiger charge is 2.29. The number of halogens is 1. The Bertz CT molecular complexity index is 445. The molecule has 0 bridgehead atoms. The highest BCUT2D eigenvalue weighted by atomic mass is 35.5. The van der Waals surface area contributed by atoms with Gasteiger partial charge in [0.2, 0.25) is 5.91 Å². The second-order valence-corrected chi connectivity index (χ2v) is 4.60. The topological polar surface area (TPSA) is 55.1 Å². The third kappa shape index (κ3) is 1.70. The molecule has 16 heavy (non-hydrogen) atoms. The highest BCUT2D eigenvalue weighted by molar-refractivity contribution is 6.34. The van der Waals surface area contributed by atoms with E-state index in [0.29, 0.717) is 5.02 Å². The number of carbonyl (C=O) groups is 1. The van der Waals surface area contributed by atoms with Gasteiger partial charge in [0.05, 0.1) is 16.6 Å². The summed E-state index contributed by atoms with van der Waals surface area (Å²) in [4.78, 5) is 11.5. The molecule has 2 atom stereocenters. The molecule has 1 amide bonds. The van der Waals surface area contributed by atoms with Crippen molar-refractivity contribution >= 4 is 23.2 Å². The van der Waals surface area contributed by atoms with Crippen molar-refractivity contribution < 1.29 is 4.79 Å². The SMILES string of the molecule is CCC(N)c1cc(Cl)c2c(c1)C(C)C(=O)N2. The van der Waals surface area contributed by atoms with Crippen molar-refractivity contribution in [2.45, 2.75) is 32.2 Å². The van der Waals surface area contributed by atoms with Crippen LogP contribution in [-0.4, -0.2) is 5.91 Å². The number of rotatable bonds is 2. The van der Waals surface area contributed by atoms with Gasteiger partial charge in [0, 0.05) is 6.04 Å². The van der Waals surface area contributed by atoms with Gasteiger partial charge in [-0.3, -0.25) is 4.79 Å². The van der Waals surface area contributed by atoms with Crippen molar-refractivity contribution in [3.05, 3.63) is 28.3 Å². The molecular weight excluding hydrogens is 224 g/mol. The fraction of sp³-hybridized carbons (Fsp3) is 0.417. The lowest BCUT2D eigenvalue weighted by atomic mass is 9.97. The van der Waals surface area contributed by atoms with E-state index in [9.17, 15) is 4.79 Å². The lowest BCUT2D eigenvalue weighted by Crippen LogP contribution is -2.09. The van der Waals surface area contributed by atoms with Gasteiger partial charge < -0.3 is 11.1 Å². The first kappa shape index (κ1) is 11.4. The van der Waals surface area contributed by atoms with Crippen molar-refractivity contribution in [3.63, 3.8) is 0 Å². The van der Waals surface area contributed by atoms with E-state index in [-0.39, 0.29) is 17.9 Å². The van der Waals surface area contributed by atoms with Crippen LogP contribution in [0.3, 0.4) is 0 Å². The molecule has 0 radical (unpaired) electrons. The van der Waals surface area contributed by atoms with Gasteiger partial charge in [-0.15, -0.1) is 0 Å². The maximum Gasteiger partial charge on any atom is 0.231 e. The predicted molar refractivity (Wildman–Crippen MR) is 65.7 cm³/mol. The Morgan fingerprint density at radius 1 is 1.56 bits per heavy atom. The zero-order valence-corrected chi connectivity index (χ0v) is 10.1. The summed E-state index contributed by atoms with van der Waals surface area (Å²) in [5.41, 5.74) is 8.67. The number of nitrogens with one attached hydrogen (secondary N) is 1. The standard InChI is InChI=1S/C12H15ClN2O/c1-3-10(14)7-4-8-6(2)12(16)15-11(8)9(13)5-7/h4-6,10H,3,14H2,1-2H3,(H,15,16). The summed E-state index contributed by atoms with van der Waals surface area (Å²) >= 11 is 6.14. The van der Waals surface area contributed by atoms with Crippen molar-refractivity contribution in [2.75, 3.05) is 5.32 Å². The molecule has 3 N–H and O–H groups in total. The van der Waals surface area contributed by atoms with Crippen LogP contribution in [0.4, 0.5) is 5.69 Å². The summed E-state index contributed by atoms with van der Waals surface area (Å²) in [5.74, 6) is -0.143. The van der Waals surface area contributed by atoms with E-state index in [1.54, 1.807) is 0 Å². The van der Waals surface area contributed by atoms with Crippen molar-refractivity contribution in [1.29, 1.82) is 0 Å². The van der Waals surface area contributed by atoms with Crippen molar-refractivity contribution in [1.82, 2.24) is 0 Å². The minimum atomic E-state index is -0.142. The van der Waals surface area contributed by atoms with Gasteiger partial charge in [0.1, 0.15) is 0 Å². The number of fused-ring (bicyclic) bond motifs is 1. The molecule has 0 saturated carbocycles. The lowest BCUT2D eigenvalue weighted by molar-refractivity contribution is -0.116. The van der Waals surface area contributed by atoms with Crippen LogP contribution in [0.15, 0.2) is 12.1 Å². The van der Waals surface area contributed by atoms with Crippen LogP contribution in [-0.2, 0) is 4.79 Å². The minimum Gasteiger partial charge on any atom is -0.324 e. The van der Waals surface area contributed by atoms with Crippen molar-refractivity contribution in [2.24, 2.45) is 5.73 Å². The molecule has 1 aliphatic rings. The molecule has 1 aliphatic heterocycles. The normalized spacial score (nSPS) is 20.5. The number of nitrogens with two attached hydrogens (primary N) is 1. The summed E-state index contributed by atoms with van der Waals surface area (Å²) < 4.78 is 0. The Labute approximate surface area is 100.0 Å². The van der Waals surface area contributed by atoms with E-state index in [1.807, 2.05) is 26.0 Å². The number of carbonyl (C=O) groups excluding carboxylic acids is 1. The van der Waals surface area contributed by atoms with Gasteiger partial charge in [-0.25, -0.2) is 0 Å². The Morgan fingerprint density at radius 3 is 2.88 bits per heavy atom. The first-order valence-corrected chi connectivity index (χ1v) is 5.82. The van der Waals surface area contributed by atoms with Crippen LogP contribution in [0, 0.1) is 0 Å². The van der Waals surface area contributed by atoms with Crippen LogP contribution in [0.5, 0.6) is 0 Å². The van der Waals surface area contributed by atoms with Crippen LogP contribution in [0.25, 0.3) is 0 Å². The summed E-state index contributed by atoms with van der Waals surface area (Å²) in [6.07, 6.45) is 0.852. The highest BCUT2D eigenvalue weighted by Crippen LogP contribution is 2.39. The zero-order chi connectivity index (χ0) is 11.9. The first-order valence-electron chi connectivity index (χ1n) is 5.44. The van der Waals surface area contributed by atoms with Gasteiger partial charge in [0.25, 0.3) is 0 Å². The number of benzene rings is 1. The molecule has 2 rings (SSSR count). The number of anilines is 1. The first-order chi connectivity index (χ1) is 7.54. The van der Waals surface area contributed by atoms with E-state index in [0.717, 1.165) is 23.2 Å². The summed E-state index contributed by atoms with van der Waals surface area (Å²) in [6.45, 7) is 3.90. The molecule has 0 aromatic heterocycles. The molecule has 1 aromatic carbocycles. The quantitative estimate of drug-likeness (QED) is 0.833. The average molecular weight is 239 g/mol. The van der Waals surface area contributed by atoms with E-state index in [1.165, 1.54) is 0 Å². The maximum atomic E-state index is 11.5. The zero-order valence-electron chi connectivity index (χ0n) is 9.38. The molecule has 1 heterocycles. The second kappa shape index (κ2) is 4.07. The van der Waals surface area contributed by atoms with Crippen molar-refractivity contribution in [3.8, 4) is 0 Å². The molecular formula is C12H15ClN2O. The van der Waals surface area contributed by atoms with Crippen LogP contribution < -0.4 is 11.1 Å². The smallest absolute Gasteiger partial charge is 0.231 e. The van der Waals surface area contributed by atoms with Crippen LogP contribution >= 0.6 is 11.6 Å². The van der Waals surface area contributed by atoms with Crippen LogP contribution in [0.2, 0.25) is 5.02 Å². The Balaban J connectivity index is 2.50. The van der Waals surface area contributed by atoms with E-state index >= 15 is 0 Å². The van der Waals surface area contributed by atoms with Gasteiger partial charge in [-0.05, 0) is 30.5 Å². The molecule has 0 fully saturated rings. The van der Waals surface area contributed by atoms with E-state index < -0.39 is 0 Å². The summed E-state index contributed by atoms with van der Waals surface area (Å²) in [6, 6.07) is 3.80. The molecule has 1 aromatic rings. The number of hydrogen-bond acceptors (Lipinski definition) is 2. The molecule has 2 unspecified atom stereocenters. The number of amides is 1. The molecule has 0 saturated heterocycles. The van der Waals surface area contributed by atoms with Gasteiger partial charge in [-0.2, -0.15) is 0 Å². The Morgan fingerprint density at radius 2 is 2.25 bits per heavy atom. The Kier molecular flexibility index (Phi) is 2.91. The predicted octanol–water partition coefficient (Wildman–Crippen LogP) is 2.81. The summed E-state index contributed by atoms with van der Waals surface area (Å²) in [7, 11) is 0. The van der Waals surface area contributed by atoms with Gasteiger partial charge in [-0.1, -0.05) is 24.6 Å². The second-order valence-electron chi connectivity index (χ2n) is 4.19.